The molecule has 1 aliphatic rings. The van der Waals surface area contributed by atoms with Crippen molar-refractivity contribution in [1.29, 1.82) is 0 Å². The Morgan fingerprint density at radius 1 is 0.609 bits per heavy atom. The number of rotatable bonds is 0. The number of hydrogen-bond acceptors (Lipinski definition) is 3. The Morgan fingerprint density at radius 3 is 1.65 bits per heavy atom. The lowest BCUT2D eigenvalue weighted by Gasteiger charge is -2.09. The van der Waals surface area contributed by atoms with Gasteiger partial charge in [0.15, 0.2) is 0 Å². The number of benzene rings is 4. The maximum absolute atomic E-state index is 3.57. The summed E-state index contributed by atoms with van der Waals surface area (Å²) in [6, 6.07) is 21.9. The Labute approximate surface area is 134 Å². The summed E-state index contributed by atoms with van der Waals surface area (Å²) in [6.07, 6.45) is 6.64. The highest BCUT2D eigenvalue weighted by Crippen LogP contribution is 2.33. The van der Waals surface area contributed by atoms with E-state index in [0.717, 1.165) is 0 Å². The molecule has 4 aromatic rings. The summed E-state index contributed by atoms with van der Waals surface area (Å²) in [6.45, 7) is 0. The van der Waals surface area contributed by atoms with Crippen LogP contribution in [0, 0.1) is 0 Å². The first-order valence-electron chi connectivity index (χ1n) is 7.52. The van der Waals surface area contributed by atoms with Gasteiger partial charge in [-0.15, -0.1) is 5.10 Å². The normalized spacial score (nSPS) is 13.0. The molecule has 0 spiro atoms. The molecule has 0 radical (unpaired) electrons. The maximum Gasteiger partial charge on any atom is 0.115 e. The molecule has 0 unspecified atom stereocenters. The van der Waals surface area contributed by atoms with Gasteiger partial charge in [0.05, 0.1) is 6.21 Å². The van der Waals surface area contributed by atoms with Crippen molar-refractivity contribution >= 4 is 44.9 Å². The molecule has 5 rings (SSSR count). The standard InChI is InChI=1S/C16H10.C4H5N3/c1-3-11-7-9-13-5-2-6-14-10-8-12(4-1)15(11)16(13)14;1-2-5-4-7-6-3-1/h1-10H;1-4H,(H,5,7). The van der Waals surface area contributed by atoms with Crippen LogP contribution in [0.25, 0.3) is 32.3 Å². The van der Waals surface area contributed by atoms with E-state index in [0.29, 0.717) is 0 Å². The average molecular weight is 297 g/mol. The van der Waals surface area contributed by atoms with E-state index in [4.69, 9.17) is 0 Å². The van der Waals surface area contributed by atoms with Gasteiger partial charge in [0, 0.05) is 6.20 Å². The van der Waals surface area contributed by atoms with Gasteiger partial charge in [-0.3, -0.25) is 0 Å². The van der Waals surface area contributed by atoms with E-state index in [1.165, 1.54) is 38.7 Å². The molecular formula is C20H15N3. The number of allylic oxidation sites excluding steroid dienone is 1. The molecule has 0 saturated heterocycles. The monoisotopic (exact) mass is 297 g/mol. The molecule has 4 aromatic carbocycles. The third-order valence-electron chi connectivity index (χ3n) is 3.94. The van der Waals surface area contributed by atoms with Gasteiger partial charge >= 0.3 is 0 Å². The topological polar surface area (TPSA) is 36.8 Å². The summed E-state index contributed by atoms with van der Waals surface area (Å²) in [7, 11) is 0. The summed E-state index contributed by atoms with van der Waals surface area (Å²) >= 11 is 0. The Hall–Kier alpha value is -3.20. The molecule has 0 saturated carbocycles. The molecule has 0 bridgehead atoms. The fraction of sp³-hybridized carbons (Fsp3) is 0. The van der Waals surface area contributed by atoms with E-state index in [1.54, 1.807) is 18.5 Å². The molecule has 3 heteroatoms. The van der Waals surface area contributed by atoms with E-state index in [-0.39, 0.29) is 0 Å². The molecular weight excluding hydrogens is 282 g/mol. The molecule has 0 aliphatic carbocycles. The minimum absolute atomic E-state index is 1.34. The highest BCUT2D eigenvalue weighted by Gasteiger charge is 2.05. The van der Waals surface area contributed by atoms with Gasteiger partial charge in [0.2, 0.25) is 0 Å². The number of hydrogen-bond donors (Lipinski definition) is 1. The van der Waals surface area contributed by atoms with E-state index in [2.05, 4.69) is 76.2 Å². The van der Waals surface area contributed by atoms with E-state index < -0.39 is 0 Å². The summed E-state index contributed by atoms with van der Waals surface area (Å²) in [5.41, 5.74) is 0. The highest BCUT2D eigenvalue weighted by atomic mass is 15.2. The smallest absolute Gasteiger partial charge is 0.115 e. The zero-order valence-corrected chi connectivity index (χ0v) is 12.5. The Morgan fingerprint density at radius 2 is 1.13 bits per heavy atom. The lowest BCUT2D eigenvalue weighted by atomic mass is 9.95. The van der Waals surface area contributed by atoms with Crippen molar-refractivity contribution in [1.82, 2.24) is 5.32 Å². The Bertz CT molecular complexity index is 901. The molecule has 0 fully saturated rings. The van der Waals surface area contributed by atoms with Crippen molar-refractivity contribution < 1.29 is 0 Å². The molecule has 0 amide bonds. The molecule has 1 aliphatic heterocycles. The minimum atomic E-state index is 1.34. The highest BCUT2D eigenvalue weighted by molar-refractivity contribution is 6.22. The fourth-order valence-electron chi connectivity index (χ4n) is 2.95. The lowest BCUT2D eigenvalue weighted by molar-refractivity contribution is 1.22. The SMILES string of the molecule is C1=CNC=NN=C1.c1cc2ccc3cccc4ccc(c1)c2c34. The first kappa shape index (κ1) is 13.5. The van der Waals surface area contributed by atoms with Crippen LogP contribution in [-0.2, 0) is 0 Å². The molecule has 1 N–H and O–H groups in total. The molecule has 0 aromatic heterocycles. The Kier molecular flexibility index (Phi) is 3.45. The Balaban J connectivity index is 0.000000164. The fourth-order valence-corrected chi connectivity index (χ4v) is 2.95. The summed E-state index contributed by atoms with van der Waals surface area (Å²) in [4.78, 5) is 0. The maximum atomic E-state index is 3.57. The zero-order chi connectivity index (χ0) is 15.5. The third-order valence-corrected chi connectivity index (χ3v) is 3.94. The summed E-state index contributed by atoms with van der Waals surface area (Å²) < 4.78 is 0. The first-order chi connectivity index (χ1) is 11.4. The molecule has 0 atom stereocenters. The van der Waals surface area contributed by atoms with Crippen molar-refractivity contribution in [2.75, 3.05) is 0 Å². The van der Waals surface area contributed by atoms with Gasteiger partial charge in [-0.05, 0) is 38.4 Å². The summed E-state index contributed by atoms with van der Waals surface area (Å²) in [5.74, 6) is 0. The van der Waals surface area contributed by atoms with Gasteiger partial charge in [-0.2, -0.15) is 5.10 Å². The van der Waals surface area contributed by atoms with Crippen molar-refractivity contribution in [3.05, 3.63) is 72.9 Å². The van der Waals surface area contributed by atoms with Crippen molar-refractivity contribution in [3.63, 3.8) is 0 Å². The number of nitrogens with zero attached hydrogens (tertiary/aromatic N) is 2. The van der Waals surface area contributed by atoms with Crippen LogP contribution in [0.5, 0.6) is 0 Å². The molecule has 3 nitrogen and oxygen atoms in total. The second-order valence-electron chi connectivity index (χ2n) is 5.32. The first-order valence-corrected chi connectivity index (χ1v) is 7.52. The minimum Gasteiger partial charge on any atom is -0.351 e. The average Bonchev–Trinajstić information content (AvgIpc) is 2.93. The zero-order valence-electron chi connectivity index (χ0n) is 12.5. The van der Waals surface area contributed by atoms with Crippen LogP contribution in [0.1, 0.15) is 0 Å². The lowest BCUT2D eigenvalue weighted by Crippen LogP contribution is -1.97. The van der Waals surface area contributed by atoms with Gasteiger partial charge in [0.25, 0.3) is 0 Å². The summed E-state index contributed by atoms with van der Waals surface area (Å²) in [5, 5.41) is 18.0. The van der Waals surface area contributed by atoms with Crippen LogP contribution >= 0.6 is 0 Å². The van der Waals surface area contributed by atoms with Crippen LogP contribution < -0.4 is 5.32 Å². The molecule has 110 valence electrons. The second kappa shape index (κ2) is 5.89. The third kappa shape index (κ3) is 2.53. The predicted molar refractivity (Wildman–Crippen MR) is 99.4 cm³/mol. The van der Waals surface area contributed by atoms with Gasteiger partial charge in [0.1, 0.15) is 6.34 Å². The van der Waals surface area contributed by atoms with Crippen molar-refractivity contribution in [3.8, 4) is 0 Å². The van der Waals surface area contributed by atoms with E-state index in [1.807, 2.05) is 0 Å². The van der Waals surface area contributed by atoms with Gasteiger partial charge in [-0.25, -0.2) is 0 Å². The largest absolute Gasteiger partial charge is 0.351 e. The van der Waals surface area contributed by atoms with E-state index >= 15 is 0 Å². The van der Waals surface area contributed by atoms with Crippen molar-refractivity contribution in [2.45, 2.75) is 0 Å². The quantitative estimate of drug-likeness (QED) is 0.469. The van der Waals surface area contributed by atoms with E-state index in [9.17, 15) is 0 Å². The van der Waals surface area contributed by atoms with Crippen molar-refractivity contribution in [2.24, 2.45) is 10.2 Å². The molecule has 23 heavy (non-hydrogen) atoms. The molecule has 1 heterocycles. The van der Waals surface area contributed by atoms with Crippen LogP contribution in [0.4, 0.5) is 0 Å². The number of nitrogens with one attached hydrogen (secondary N) is 1. The van der Waals surface area contributed by atoms with Gasteiger partial charge < -0.3 is 5.32 Å². The van der Waals surface area contributed by atoms with Crippen LogP contribution in [0.2, 0.25) is 0 Å². The van der Waals surface area contributed by atoms with Crippen LogP contribution in [0.3, 0.4) is 0 Å². The van der Waals surface area contributed by atoms with Crippen LogP contribution in [0.15, 0.2) is 83.1 Å². The van der Waals surface area contributed by atoms with Crippen LogP contribution in [-0.4, -0.2) is 12.6 Å². The van der Waals surface area contributed by atoms with Gasteiger partial charge in [-0.1, -0.05) is 60.7 Å². The predicted octanol–water partition coefficient (Wildman–Crippen LogP) is 4.70. The second-order valence-corrected chi connectivity index (χ2v) is 5.32.